The van der Waals surface area contributed by atoms with Gasteiger partial charge in [-0.05, 0) is 48.2 Å². The number of likely N-dealkylation sites (N-methyl/N-ethyl adjacent to an activating group) is 3. The molecule has 0 radical (unpaired) electrons. The van der Waals surface area contributed by atoms with Crippen molar-refractivity contribution in [1.29, 1.82) is 0 Å². The van der Waals surface area contributed by atoms with Crippen LogP contribution in [0.15, 0.2) is 97.1 Å². The van der Waals surface area contributed by atoms with Crippen molar-refractivity contribution in [2.45, 2.75) is 50.7 Å². The number of carboxylic acids is 2. The van der Waals surface area contributed by atoms with E-state index in [1.807, 2.05) is 86.6 Å². The highest BCUT2D eigenvalue weighted by Gasteiger charge is 2.34. The second-order valence-corrected chi connectivity index (χ2v) is 11.7. The SMILES string of the molecule is CNC(=O)[C@@H](Cc1ccccc1)N(C)C(=O)[C@@H](Cc1ccc2ccccc2c1)N(C)C(=O)/C=C/CC(C)(C)N.O=C(O)/C=C\C(=O)O. The molecule has 11 nitrogen and oxygen atoms in total. The molecule has 0 unspecified atom stereocenters. The molecule has 250 valence electrons. The van der Waals surface area contributed by atoms with Crippen LogP contribution in [0.3, 0.4) is 0 Å². The minimum absolute atomic E-state index is 0.266. The highest BCUT2D eigenvalue weighted by atomic mass is 16.4. The summed E-state index contributed by atoms with van der Waals surface area (Å²) in [6, 6.07) is 22.1. The average Bonchev–Trinajstić information content (AvgIpc) is 3.03. The number of nitrogens with one attached hydrogen (secondary N) is 1. The van der Waals surface area contributed by atoms with Crippen molar-refractivity contribution in [1.82, 2.24) is 15.1 Å². The number of fused-ring (bicyclic) bond motifs is 1. The molecule has 0 fully saturated rings. The minimum Gasteiger partial charge on any atom is -0.478 e. The standard InChI is InChI=1S/C32H40N4O3.C4H4O4/c1-32(2,33)19-11-16-29(37)35(4)28(22-24-17-18-25-14-9-10-15-26(25)20-24)31(39)36(5)27(30(38)34-3)21-23-12-7-6-8-13-23;5-3(6)1-2-4(7)8/h6-18,20,27-28H,19,21-22,33H2,1-5H3,(H,34,38);1-2H,(H,5,6)(H,7,8)/b16-11+;2-1-/t27-,28-;/m1./s1. The maximum absolute atomic E-state index is 14.1. The molecule has 3 amide bonds. The van der Waals surface area contributed by atoms with Gasteiger partial charge in [-0.2, -0.15) is 0 Å². The van der Waals surface area contributed by atoms with Gasteiger partial charge in [0.15, 0.2) is 0 Å². The highest BCUT2D eigenvalue weighted by Crippen LogP contribution is 2.20. The Morgan fingerprint density at radius 2 is 1.32 bits per heavy atom. The minimum atomic E-state index is -1.26. The molecule has 0 heterocycles. The van der Waals surface area contributed by atoms with Gasteiger partial charge in [0.25, 0.3) is 0 Å². The van der Waals surface area contributed by atoms with Gasteiger partial charge in [-0.3, -0.25) is 14.4 Å². The number of nitrogens with zero attached hydrogens (tertiary/aromatic N) is 2. The van der Waals surface area contributed by atoms with Crippen molar-refractivity contribution in [2.24, 2.45) is 5.73 Å². The summed E-state index contributed by atoms with van der Waals surface area (Å²) in [6.07, 6.45) is 5.50. The highest BCUT2D eigenvalue weighted by molar-refractivity contribution is 5.95. The molecule has 0 bridgehead atoms. The van der Waals surface area contributed by atoms with Gasteiger partial charge in [0.2, 0.25) is 17.7 Å². The van der Waals surface area contributed by atoms with Crippen molar-refractivity contribution in [2.75, 3.05) is 21.1 Å². The topological polar surface area (TPSA) is 170 Å². The molecule has 47 heavy (non-hydrogen) atoms. The fraction of sp³-hybridized carbons (Fsp3) is 0.306. The quantitative estimate of drug-likeness (QED) is 0.205. The van der Waals surface area contributed by atoms with E-state index >= 15 is 0 Å². The normalized spacial score (nSPS) is 12.6. The molecule has 0 aliphatic carbocycles. The lowest BCUT2D eigenvalue weighted by atomic mass is 9.98. The summed E-state index contributed by atoms with van der Waals surface area (Å²) in [4.78, 5) is 62.2. The number of carboxylic acid groups (broad SMARTS) is 2. The third kappa shape index (κ3) is 12.9. The van der Waals surface area contributed by atoms with E-state index in [-0.39, 0.29) is 17.7 Å². The Hall–Kier alpha value is -5.29. The predicted molar refractivity (Wildman–Crippen MR) is 181 cm³/mol. The van der Waals surface area contributed by atoms with Crippen LogP contribution in [-0.4, -0.2) is 88.4 Å². The lowest BCUT2D eigenvalue weighted by Crippen LogP contribution is -2.55. The smallest absolute Gasteiger partial charge is 0.328 e. The molecule has 0 spiro atoms. The van der Waals surface area contributed by atoms with E-state index in [0.717, 1.165) is 21.9 Å². The van der Waals surface area contributed by atoms with Crippen LogP contribution in [0, 0.1) is 0 Å². The fourth-order valence-corrected chi connectivity index (χ4v) is 4.65. The number of rotatable bonds is 13. The van der Waals surface area contributed by atoms with Gasteiger partial charge in [0, 0.05) is 51.7 Å². The van der Waals surface area contributed by atoms with Crippen molar-refractivity contribution in [3.05, 3.63) is 108 Å². The molecule has 0 saturated heterocycles. The van der Waals surface area contributed by atoms with Gasteiger partial charge < -0.3 is 31.1 Å². The summed E-state index contributed by atoms with van der Waals surface area (Å²) in [6.45, 7) is 3.77. The van der Waals surface area contributed by atoms with E-state index in [1.165, 1.54) is 15.9 Å². The van der Waals surface area contributed by atoms with Gasteiger partial charge in [-0.15, -0.1) is 0 Å². The summed E-state index contributed by atoms with van der Waals surface area (Å²) in [7, 11) is 4.82. The Morgan fingerprint density at radius 1 is 0.766 bits per heavy atom. The number of hydrogen-bond donors (Lipinski definition) is 4. The van der Waals surface area contributed by atoms with E-state index in [9.17, 15) is 24.0 Å². The van der Waals surface area contributed by atoms with Crippen LogP contribution in [0.5, 0.6) is 0 Å². The Labute approximate surface area is 275 Å². The van der Waals surface area contributed by atoms with Crippen molar-refractivity contribution >= 4 is 40.4 Å². The molecule has 0 aliphatic heterocycles. The molecule has 3 aromatic rings. The summed E-state index contributed by atoms with van der Waals surface area (Å²) in [5, 5.41) is 20.5. The summed E-state index contributed by atoms with van der Waals surface area (Å²) < 4.78 is 0. The van der Waals surface area contributed by atoms with Gasteiger partial charge in [0.1, 0.15) is 12.1 Å². The second kappa shape index (κ2) is 18.0. The number of nitrogens with two attached hydrogens (primary N) is 1. The number of carbonyl (C=O) groups excluding carboxylic acids is 3. The first-order valence-electron chi connectivity index (χ1n) is 15.0. The van der Waals surface area contributed by atoms with Gasteiger partial charge >= 0.3 is 11.9 Å². The molecule has 2 atom stereocenters. The molecular formula is C36H44N4O7. The molecule has 0 aromatic heterocycles. The van der Waals surface area contributed by atoms with E-state index < -0.39 is 29.6 Å². The zero-order valence-corrected chi connectivity index (χ0v) is 27.4. The fourth-order valence-electron chi connectivity index (χ4n) is 4.65. The summed E-state index contributed by atoms with van der Waals surface area (Å²) in [5.41, 5.74) is 7.47. The Morgan fingerprint density at radius 3 is 1.87 bits per heavy atom. The van der Waals surface area contributed by atoms with Gasteiger partial charge in [-0.25, -0.2) is 9.59 Å². The van der Waals surface area contributed by atoms with Crippen molar-refractivity contribution in [3.8, 4) is 0 Å². The van der Waals surface area contributed by atoms with Crippen molar-refractivity contribution in [3.63, 3.8) is 0 Å². The maximum Gasteiger partial charge on any atom is 0.328 e. The Balaban J connectivity index is 0.000000849. The lowest BCUT2D eigenvalue weighted by Gasteiger charge is -2.34. The molecular weight excluding hydrogens is 600 g/mol. The molecule has 11 heteroatoms. The lowest BCUT2D eigenvalue weighted by molar-refractivity contribution is -0.146. The van der Waals surface area contributed by atoms with Crippen LogP contribution < -0.4 is 11.1 Å². The number of carbonyl (C=O) groups is 5. The first-order chi connectivity index (χ1) is 22.1. The van der Waals surface area contributed by atoms with E-state index in [2.05, 4.69) is 5.32 Å². The third-order valence-electron chi connectivity index (χ3n) is 7.25. The number of aliphatic carboxylic acids is 2. The number of benzene rings is 3. The Kier molecular flexibility index (Phi) is 14.5. The first kappa shape index (κ1) is 37.9. The van der Waals surface area contributed by atoms with E-state index in [4.69, 9.17) is 15.9 Å². The zero-order valence-electron chi connectivity index (χ0n) is 27.4. The molecule has 3 aromatic carbocycles. The molecule has 0 saturated carbocycles. The van der Waals surface area contributed by atoms with E-state index in [1.54, 1.807) is 27.2 Å². The van der Waals surface area contributed by atoms with Crippen LogP contribution in [0.4, 0.5) is 0 Å². The van der Waals surface area contributed by atoms with Crippen LogP contribution in [-0.2, 0) is 36.8 Å². The van der Waals surface area contributed by atoms with Crippen LogP contribution in [0.1, 0.15) is 31.4 Å². The van der Waals surface area contributed by atoms with Crippen LogP contribution in [0.2, 0.25) is 0 Å². The van der Waals surface area contributed by atoms with Crippen molar-refractivity contribution < 1.29 is 34.2 Å². The number of hydrogen-bond acceptors (Lipinski definition) is 6. The van der Waals surface area contributed by atoms with E-state index in [0.29, 0.717) is 31.4 Å². The average molecular weight is 645 g/mol. The van der Waals surface area contributed by atoms with Gasteiger partial charge in [-0.1, -0.05) is 78.9 Å². The molecule has 5 N–H and O–H groups in total. The monoisotopic (exact) mass is 644 g/mol. The third-order valence-corrected chi connectivity index (χ3v) is 7.25. The van der Waals surface area contributed by atoms with Crippen LogP contribution >= 0.6 is 0 Å². The second-order valence-electron chi connectivity index (χ2n) is 11.7. The molecule has 0 aliphatic rings. The summed E-state index contributed by atoms with van der Waals surface area (Å²) in [5.74, 6) is -3.39. The largest absolute Gasteiger partial charge is 0.478 e. The van der Waals surface area contributed by atoms with Gasteiger partial charge in [0.05, 0.1) is 0 Å². The zero-order chi connectivity index (χ0) is 35.1. The maximum atomic E-state index is 14.1. The van der Waals surface area contributed by atoms with Crippen LogP contribution in [0.25, 0.3) is 10.8 Å². The first-order valence-corrected chi connectivity index (χ1v) is 15.0. The predicted octanol–water partition coefficient (Wildman–Crippen LogP) is 3.42. The Bertz CT molecular complexity index is 1580. The number of amides is 3. The molecule has 3 rings (SSSR count). The summed E-state index contributed by atoms with van der Waals surface area (Å²) >= 11 is 0.